The molecule has 78 valence electrons. The van der Waals surface area contributed by atoms with E-state index in [-0.39, 0.29) is 12.5 Å². The molecular weight excluding hydrogens is 206 g/mol. The van der Waals surface area contributed by atoms with Gasteiger partial charge in [-0.1, -0.05) is 0 Å². The Morgan fingerprint density at radius 1 is 1.60 bits per heavy atom. The minimum atomic E-state index is -1.48. The fraction of sp³-hybridized carbons (Fsp3) is 0.200. The summed E-state index contributed by atoms with van der Waals surface area (Å²) in [5.74, 6) is -1.51. The number of carbonyl (C=O) groups excluding carboxylic acids is 1. The summed E-state index contributed by atoms with van der Waals surface area (Å²) >= 11 is 0. The molecule has 2 aromatic rings. The van der Waals surface area contributed by atoms with Crippen molar-refractivity contribution in [2.45, 2.75) is 6.67 Å². The Morgan fingerprint density at radius 2 is 2.47 bits per heavy atom. The number of nitrogens with one attached hydrogen (secondary N) is 1. The topological polar surface area (TPSA) is 135 Å². The van der Waals surface area contributed by atoms with Crippen LogP contribution in [-0.2, 0) is 6.67 Å². The molecule has 0 saturated carbocycles. The van der Waals surface area contributed by atoms with Gasteiger partial charge in [0, 0.05) is 0 Å². The average molecular weight is 210 g/mol. The number of aromatic carboxylic acids is 1. The second kappa shape index (κ2) is 3.69. The van der Waals surface area contributed by atoms with E-state index in [9.17, 15) is 9.90 Å². The lowest BCUT2D eigenvalue weighted by molar-refractivity contribution is -0.255. The van der Waals surface area contributed by atoms with Crippen molar-refractivity contribution < 1.29 is 14.5 Å². The minimum absolute atomic E-state index is 0.0366. The van der Waals surface area contributed by atoms with E-state index < -0.39 is 11.7 Å². The summed E-state index contributed by atoms with van der Waals surface area (Å²) < 4.78 is 5.56. The van der Waals surface area contributed by atoms with Crippen LogP contribution in [0.1, 0.15) is 10.5 Å². The fourth-order valence-electron chi connectivity index (χ4n) is 0.847. The van der Waals surface area contributed by atoms with Crippen LogP contribution in [0.3, 0.4) is 0 Å². The molecule has 1 N–H and O–H groups in total. The second-order valence-electron chi connectivity index (χ2n) is 2.43. The first-order valence-corrected chi connectivity index (χ1v) is 3.76. The quantitative estimate of drug-likeness (QED) is 0.580. The van der Waals surface area contributed by atoms with Crippen LogP contribution in [0.2, 0.25) is 0 Å². The zero-order chi connectivity index (χ0) is 10.7. The highest BCUT2D eigenvalue weighted by Crippen LogP contribution is 2.07. The van der Waals surface area contributed by atoms with Crippen LogP contribution in [0.4, 0.5) is 5.82 Å². The third-order valence-electron chi connectivity index (χ3n) is 1.48. The van der Waals surface area contributed by atoms with Crippen LogP contribution < -0.4 is 10.4 Å². The molecule has 0 fully saturated rings. The molecule has 2 rings (SSSR count). The molecular formula is C5H4N7O3-. The Hall–Kier alpha value is -2.52. The van der Waals surface area contributed by atoms with Crippen molar-refractivity contribution >= 4 is 11.8 Å². The Balaban J connectivity index is 2.05. The summed E-state index contributed by atoms with van der Waals surface area (Å²) in [5.41, 5.74) is -0.400. The molecule has 0 amide bonds. The van der Waals surface area contributed by atoms with Gasteiger partial charge in [0.15, 0.2) is 5.69 Å². The van der Waals surface area contributed by atoms with Crippen LogP contribution in [0, 0.1) is 0 Å². The molecule has 0 saturated heterocycles. The maximum absolute atomic E-state index is 10.5. The van der Waals surface area contributed by atoms with Crippen molar-refractivity contribution in [2.24, 2.45) is 0 Å². The number of anilines is 1. The van der Waals surface area contributed by atoms with E-state index in [1.54, 1.807) is 0 Å². The summed E-state index contributed by atoms with van der Waals surface area (Å²) in [6, 6.07) is 0. The van der Waals surface area contributed by atoms with Gasteiger partial charge in [0.25, 0.3) is 0 Å². The van der Waals surface area contributed by atoms with Crippen molar-refractivity contribution in [1.29, 1.82) is 0 Å². The van der Waals surface area contributed by atoms with Crippen molar-refractivity contribution in [1.82, 2.24) is 30.5 Å². The highest BCUT2D eigenvalue weighted by Gasteiger charge is 2.10. The molecule has 0 radical (unpaired) electrons. The van der Waals surface area contributed by atoms with E-state index in [0.717, 1.165) is 0 Å². The number of carbonyl (C=O) groups is 1. The number of aromatic nitrogens is 6. The number of carboxylic acids is 1. The Labute approximate surface area is 81.8 Å². The maximum atomic E-state index is 10.5. The van der Waals surface area contributed by atoms with Gasteiger partial charge in [-0.25, -0.2) is 9.31 Å². The van der Waals surface area contributed by atoms with Crippen molar-refractivity contribution in [2.75, 3.05) is 5.32 Å². The highest BCUT2D eigenvalue weighted by atomic mass is 16.6. The molecule has 15 heavy (non-hydrogen) atoms. The average Bonchev–Trinajstić information content (AvgIpc) is 2.86. The zero-order valence-corrected chi connectivity index (χ0v) is 7.19. The first kappa shape index (κ1) is 9.05. The standard InChI is InChI=1S/C5H5N7O3/c13-5(14)3-4(9-15-8-3)6-1-12-2-7-10-11-12/h2H,1H2,(H,6,9)(H,13,14)/p-1. The summed E-state index contributed by atoms with van der Waals surface area (Å²) in [6.07, 6.45) is 1.35. The van der Waals surface area contributed by atoms with Crippen LogP contribution in [0.15, 0.2) is 11.0 Å². The predicted molar refractivity (Wildman–Crippen MR) is 40.1 cm³/mol. The molecule has 0 atom stereocenters. The number of hydrogen-bond donors (Lipinski definition) is 1. The Kier molecular flexibility index (Phi) is 2.23. The molecule has 0 bridgehead atoms. The molecule has 2 heterocycles. The normalized spacial score (nSPS) is 10.1. The second-order valence-corrected chi connectivity index (χ2v) is 2.43. The smallest absolute Gasteiger partial charge is 0.201 e. The summed E-state index contributed by atoms with van der Waals surface area (Å²) in [5, 5.41) is 29.9. The van der Waals surface area contributed by atoms with Gasteiger partial charge >= 0.3 is 0 Å². The SMILES string of the molecule is O=C([O-])c1nonc1NCn1cnnn1. The maximum Gasteiger partial charge on any atom is 0.201 e. The summed E-state index contributed by atoms with van der Waals surface area (Å²) in [4.78, 5) is 10.5. The zero-order valence-electron chi connectivity index (χ0n) is 7.19. The fourth-order valence-corrected chi connectivity index (χ4v) is 0.847. The predicted octanol–water partition coefficient (Wildman–Crippen LogP) is -2.51. The van der Waals surface area contributed by atoms with E-state index in [1.807, 2.05) is 0 Å². The summed E-state index contributed by atoms with van der Waals surface area (Å²) in [7, 11) is 0. The molecule has 0 spiro atoms. The van der Waals surface area contributed by atoms with Crippen LogP contribution in [0.25, 0.3) is 0 Å². The van der Waals surface area contributed by atoms with Crippen LogP contribution in [0.5, 0.6) is 0 Å². The minimum Gasteiger partial charge on any atom is -0.543 e. The van der Waals surface area contributed by atoms with Crippen LogP contribution >= 0.6 is 0 Å². The Bertz CT molecular complexity index is 449. The monoisotopic (exact) mass is 210 g/mol. The lowest BCUT2D eigenvalue weighted by atomic mass is 10.4. The molecule has 0 aromatic carbocycles. The van der Waals surface area contributed by atoms with E-state index in [1.165, 1.54) is 11.0 Å². The largest absolute Gasteiger partial charge is 0.543 e. The number of rotatable bonds is 4. The van der Waals surface area contributed by atoms with E-state index in [2.05, 4.69) is 35.8 Å². The third-order valence-corrected chi connectivity index (χ3v) is 1.48. The van der Waals surface area contributed by atoms with E-state index >= 15 is 0 Å². The van der Waals surface area contributed by atoms with Gasteiger partial charge in [0.2, 0.25) is 5.82 Å². The van der Waals surface area contributed by atoms with E-state index in [0.29, 0.717) is 0 Å². The number of tetrazole rings is 1. The first-order valence-electron chi connectivity index (χ1n) is 3.76. The highest BCUT2D eigenvalue weighted by molar-refractivity contribution is 5.88. The summed E-state index contributed by atoms with van der Waals surface area (Å²) in [6.45, 7) is 0.140. The van der Waals surface area contributed by atoms with Gasteiger partial charge in [-0.05, 0) is 20.7 Å². The van der Waals surface area contributed by atoms with Crippen molar-refractivity contribution in [3.8, 4) is 0 Å². The lowest BCUT2D eigenvalue weighted by Crippen LogP contribution is -2.24. The van der Waals surface area contributed by atoms with Gasteiger partial charge in [-0.15, -0.1) is 5.10 Å². The van der Waals surface area contributed by atoms with Gasteiger partial charge in [-0.3, -0.25) is 0 Å². The van der Waals surface area contributed by atoms with Gasteiger partial charge in [-0.2, -0.15) is 0 Å². The molecule has 0 aliphatic carbocycles. The number of hydrogen-bond acceptors (Lipinski definition) is 9. The molecule has 10 heteroatoms. The van der Waals surface area contributed by atoms with Gasteiger partial charge in [0.1, 0.15) is 13.0 Å². The molecule has 2 aromatic heterocycles. The molecule has 10 nitrogen and oxygen atoms in total. The van der Waals surface area contributed by atoms with Gasteiger partial charge < -0.3 is 15.2 Å². The van der Waals surface area contributed by atoms with Crippen molar-refractivity contribution in [3.05, 3.63) is 12.0 Å². The van der Waals surface area contributed by atoms with Gasteiger partial charge in [0.05, 0.1) is 5.97 Å². The van der Waals surface area contributed by atoms with E-state index in [4.69, 9.17) is 0 Å². The Morgan fingerprint density at radius 3 is 3.13 bits per heavy atom. The first-order chi connectivity index (χ1) is 7.27. The molecule has 0 aliphatic heterocycles. The molecule has 0 aliphatic rings. The van der Waals surface area contributed by atoms with Crippen molar-refractivity contribution in [3.63, 3.8) is 0 Å². The number of carboxylic acid groups (broad SMARTS) is 1. The third kappa shape index (κ3) is 1.87. The number of nitrogens with zero attached hydrogens (tertiary/aromatic N) is 6. The van der Waals surface area contributed by atoms with Crippen LogP contribution in [-0.4, -0.2) is 36.5 Å². The lowest BCUT2D eigenvalue weighted by Gasteiger charge is -2.02. The molecule has 0 unspecified atom stereocenters.